The normalized spacial score (nSPS) is 10.4. The minimum Gasteiger partial charge on any atom is -0.480 e. The summed E-state index contributed by atoms with van der Waals surface area (Å²) in [4.78, 5) is 24.1. The van der Waals surface area contributed by atoms with E-state index in [2.05, 4.69) is 0 Å². The van der Waals surface area contributed by atoms with Gasteiger partial charge in [0, 0.05) is 16.6 Å². The third-order valence-corrected chi connectivity index (χ3v) is 2.50. The van der Waals surface area contributed by atoms with Gasteiger partial charge in [-0.1, -0.05) is 17.7 Å². The molecule has 0 unspecified atom stereocenters. The van der Waals surface area contributed by atoms with Crippen molar-refractivity contribution in [1.29, 1.82) is 0 Å². The quantitative estimate of drug-likeness (QED) is 0.898. The topological polar surface area (TPSA) is 57.6 Å². The number of carbonyl (C=O) groups excluding carboxylic acids is 1. The van der Waals surface area contributed by atoms with Crippen molar-refractivity contribution in [3.05, 3.63) is 34.9 Å². The summed E-state index contributed by atoms with van der Waals surface area (Å²) in [7, 11) is 0. The van der Waals surface area contributed by atoms with Gasteiger partial charge in [-0.15, -0.1) is 0 Å². The number of amides is 1. The molecule has 1 amide bonds. The average Bonchev–Trinajstić information content (AvgIpc) is 2.24. The maximum atomic E-state index is 12.1. The van der Waals surface area contributed by atoms with E-state index in [0.717, 1.165) is 0 Å². The van der Waals surface area contributed by atoms with Crippen LogP contribution >= 0.6 is 11.6 Å². The molecule has 5 heteroatoms. The van der Waals surface area contributed by atoms with E-state index in [1.54, 1.807) is 32.0 Å². The van der Waals surface area contributed by atoms with E-state index in [0.29, 0.717) is 10.6 Å². The fourth-order valence-corrected chi connectivity index (χ4v) is 1.61. The van der Waals surface area contributed by atoms with E-state index >= 15 is 0 Å². The van der Waals surface area contributed by atoms with Crippen molar-refractivity contribution in [2.45, 2.75) is 19.9 Å². The third kappa shape index (κ3) is 3.75. The summed E-state index contributed by atoms with van der Waals surface area (Å²) in [5.74, 6) is -1.36. The number of carboxylic acid groups (broad SMARTS) is 1. The summed E-state index contributed by atoms with van der Waals surface area (Å²) in [6.45, 7) is 3.22. The van der Waals surface area contributed by atoms with Crippen LogP contribution in [0.3, 0.4) is 0 Å². The second-order valence-corrected chi connectivity index (χ2v) is 4.37. The number of carboxylic acids is 1. The first kappa shape index (κ1) is 13.5. The Bertz CT molecular complexity index is 432. The van der Waals surface area contributed by atoms with Gasteiger partial charge in [-0.2, -0.15) is 0 Å². The first-order valence-corrected chi connectivity index (χ1v) is 5.58. The van der Waals surface area contributed by atoms with Crippen LogP contribution in [0.5, 0.6) is 0 Å². The molecule has 4 nitrogen and oxygen atoms in total. The number of rotatable bonds is 4. The van der Waals surface area contributed by atoms with E-state index in [4.69, 9.17) is 16.7 Å². The molecule has 0 aromatic heterocycles. The molecule has 0 aliphatic carbocycles. The van der Waals surface area contributed by atoms with Crippen LogP contribution in [0.4, 0.5) is 0 Å². The minimum atomic E-state index is -1.03. The van der Waals surface area contributed by atoms with Gasteiger partial charge >= 0.3 is 5.97 Å². The van der Waals surface area contributed by atoms with Crippen molar-refractivity contribution in [3.8, 4) is 0 Å². The van der Waals surface area contributed by atoms with Gasteiger partial charge < -0.3 is 10.0 Å². The van der Waals surface area contributed by atoms with Crippen LogP contribution in [0.1, 0.15) is 24.2 Å². The molecular formula is C12H14ClNO3. The van der Waals surface area contributed by atoms with Crippen LogP contribution in [-0.4, -0.2) is 34.5 Å². The largest absolute Gasteiger partial charge is 0.480 e. The van der Waals surface area contributed by atoms with Gasteiger partial charge in [0.1, 0.15) is 6.54 Å². The van der Waals surface area contributed by atoms with Crippen LogP contribution in [0, 0.1) is 0 Å². The fourth-order valence-electron chi connectivity index (χ4n) is 1.42. The number of carbonyl (C=O) groups is 2. The van der Waals surface area contributed by atoms with Gasteiger partial charge in [-0.05, 0) is 32.0 Å². The monoisotopic (exact) mass is 255 g/mol. The van der Waals surface area contributed by atoms with Gasteiger partial charge in [-0.3, -0.25) is 9.59 Å². The lowest BCUT2D eigenvalue weighted by molar-refractivity contribution is -0.138. The summed E-state index contributed by atoms with van der Waals surface area (Å²) >= 11 is 5.79. The molecule has 0 fully saturated rings. The molecule has 0 saturated carbocycles. The molecule has 0 aliphatic rings. The molecule has 92 valence electrons. The Balaban J connectivity index is 2.95. The Hall–Kier alpha value is -1.55. The van der Waals surface area contributed by atoms with Gasteiger partial charge in [0.25, 0.3) is 5.91 Å². The Morgan fingerprint density at radius 1 is 1.41 bits per heavy atom. The maximum Gasteiger partial charge on any atom is 0.323 e. The number of nitrogens with zero attached hydrogens (tertiary/aromatic N) is 1. The highest BCUT2D eigenvalue weighted by atomic mass is 35.5. The molecule has 1 rings (SSSR count). The second-order valence-electron chi connectivity index (χ2n) is 3.93. The average molecular weight is 256 g/mol. The Kier molecular flexibility index (Phi) is 4.52. The molecule has 0 spiro atoms. The van der Waals surface area contributed by atoms with Gasteiger partial charge in [0.15, 0.2) is 0 Å². The van der Waals surface area contributed by atoms with Crippen LogP contribution < -0.4 is 0 Å². The lowest BCUT2D eigenvalue weighted by Gasteiger charge is -2.24. The van der Waals surface area contributed by atoms with E-state index in [-0.39, 0.29) is 18.5 Å². The SMILES string of the molecule is CC(C)N(CC(=O)O)C(=O)c1cccc(Cl)c1. The lowest BCUT2D eigenvalue weighted by Crippen LogP contribution is -2.40. The molecular weight excluding hydrogens is 242 g/mol. The molecule has 1 aromatic rings. The van der Waals surface area contributed by atoms with Crippen LogP contribution in [-0.2, 0) is 4.79 Å². The Morgan fingerprint density at radius 2 is 2.06 bits per heavy atom. The van der Waals surface area contributed by atoms with Gasteiger partial charge in [0.05, 0.1) is 0 Å². The van der Waals surface area contributed by atoms with Crippen molar-refractivity contribution < 1.29 is 14.7 Å². The molecule has 1 aromatic carbocycles. The zero-order valence-electron chi connectivity index (χ0n) is 9.68. The first-order chi connectivity index (χ1) is 7.91. The highest BCUT2D eigenvalue weighted by Gasteiger charge is 2.21. The molecule has 0 radical (unpaired) electrons. The van der Waals surface area contributed by atoms with E-state index in [1.807, 2.05) is 0 Å². The summed E-state index contributed by atoms with van der Waals surface area (Å²) in [5.41, 5.74) is 0.396. The summed E-state index contributed by atoms with van der Waals surface area (Å²) in [5, 5.41) is 9.22. The summed E-state index contributed by atoms with van der Waals surface area (Å²) in [6, 6.07) is 6.29. The number of benzene rings is 1. The Morgan fingerprint density at radius 3 is 2.53 bits per heavy atom. The fraction of sp³-hybridized carbons (Fsp3) is 0.333. The molecule has 0 atom stereocenters. The zero-order chi connectivity index (χ0) is 13.0. The highest BCUT2D eigenvalue weighted by molar-refractivity contribution is 6.30. The predicted octanol–water partition coefficient (Wildman–Crippen LogP) is 2.28. The highest BCUT2D eigenvalue weighted by Crippen LogP contribution is 2.14. The van der Waals surface area contributed by atoms with Crippen molar-refractivity contribution >= 4 is 23.5 Å². The van der Waals surface area contributed by atoms with Gasteiger partial charge in [0.2, 0.25) is 0 Å². The van der Waals surface area contributed by atoms with E-state index in [9.17, 15) is 9.59 Å². The standard InChI is InChI=1S/C12H14ClNO3/c1-8(2)14(7-11(15)16)12(17)9-4-3-5-10(13)6-9/h3-6,8H,7H2,1-2H3,(H,15,16). The predicted molar refractivity (Wildman–Crippen MR) is 65.3 cm³/mol. The molecule has 0 bridgehead atoms. The number of hydrogen-bond acceptors (Lipinski definition) is 2. The molecule has 0 saturated heterocycles. The van der Waals surface area contributed by atoms with E-state index in [1.165, 1.54) is 11.0 Å². The van der Waals surface area contributed by atoms with Crippen molar-refractivity contribution in [3.63, 3.8) is 0 Å². The minimum absolute atomic E-state index is 0.183. The molecule has 1 N–H and O–H groups in total. The third-order valence-electron chi connectivity index (χ3n) is 2.26. The Labute approximate surface area is 105 Å². The maximum absolute atomic E-state index is 12.1. The van der Waals surface area contributed by atoms with Crippen LogP contribution in [0.25, 0.3) is 0 Å². The van der Waals surface area contributed by atoms with Crippen molar-refractivity contribution in [2.75, 3.05) is 6.54 Å². The molecule has 0 aliphatic heterocycles. The molecule has 0 heterocycles. The lowest BCUT2D eigenvalue weighted by atomic mass is 10.1. The second kappa shape index (κ2) is 5.68. The summed E-state index contributed by atoms with van der Waals surface area (Å²) in [6.07, 6.45) is 0. The number of aliphatic carboxylic acids is 1. The number of halogens is 1. The molecule has 17 heavy (non-hydrogen) atoms. The number of hydrogen-bond donors (Lipinski definition) is 1. The van der Waals surface area contributed by atoms with Crippen LogP contribution in [0.2, 0.25) is 5.02 Å². The zero-order valence-corrected chi connectivity index (χ0v) is 10.4. The van der Waals surface area contributed by atoms with Crippen molar-refractivity contribution in [2.24, 2.45) is 0 Å². The van der Waals surface area contributed by atoms with Gasteiger partial charge in [-0.25, -0.2) is 0 Å². The first-order valence-electron chi connectivity index (χ1n) is 5.20. The summed E-state index contributed by atoms with van der Waals surface area (Å²) < 4.78 is 0. The smallest absolute Gasteiger partial charge is 0.323 e. The van der Waals surface area contributed by atoms with Crippen LogP contribution in [0.15, 0.2) is 24.3 Å². The van der Waals surface area contributed by atoms with Crippen molar-refractivity contribution in [1.82, 2.24) is 4.90 Å². The van der Waals surface area contributed by atoms with E-state index < -0.39 is 5.97 Å².